The second-order valence-electron chi connectivity index (χ2n) is 0.470. The average Bonchev–Trinajstić information content (AvgIpc) is 0.811. The van der Waals surface area contributed by atoms with Gasteiger partial charge in [0.2, 0.25) is 5.24 Å². The summed E-state index contributed by atoms with van der Waals surface area (Å²) < 4.78 is 0. The SMILES string of the molecule is CC(=O)Cl.[Ni]. The first kappa shape index (κ1) is 9.07. The zero-order chi connectivity index (χ0) is 3.58. The van der Waals surface area contributed by atoms with Gasteiger partial charge in [-0.3, -0.25) is 4.79 Å². The Balaban J connectivity index is 0. The molecule has 34 valence electrons. The molecule has 0 atom stereocenters. The van der Waals surface area contributed by atoms with Crippen LogP contribution in [0.3, 0.4) is 0 Å². The number of halogens is 1. The van der Waals surface area contributed by atoms with Gasteiger partial charge in [0, 0.05) is 23.4 Å². The monoisotopic (exact) mass is 136 g/mol. The summed E-state index contributed by atoms with van der Waals surface area (Å²) in [6.45, 7) is 1.29. The average molecular weight is 137 g/mol. The van der Waals surface area contributed by atoms with Gasteiger partial charge in [0.15, 0.2) is 0 Å². The fourth-order valence-electron chi connectivity index (χ4n) is 0. The fourth-order valence-corrected chi connectivity index (χ4v) is 0. The van der Waals surface area contributed by atoms with Crippen molar-refractivity contribution in [2.24, 2.45) is 0 Å². The van der Waals surface area contributed by atoms with Crippen molar-refractivity contribution in [2.75, 3.05) is 0 Å². The largest absolute Gasteiger partial charge is 0.282 e. The minimum absolute atomic E-state index is 0. The van der Waals surface area contributed by atoms with E-state index >= 15 is 0 Å². The fraction of sp³-hybridized carbons (Fsp3) is 0.500. The van der Waals surface area contributed by atoms with E-state index in [9.17, 15) is 4.79 Å². The predicted molar refractivity (Wildman–Crippen MR) is 16.5 cm³/mol. The molecule has 0 amide bonds. The molecule has 5 heavy (non-hydrogen) atoms. The van der Waals surface area contributed by atoms with Gasteiger partial charge in [-0.25, -0.2) is 0 Å². The zero-order valence-electron chi connectivity index (χ0n) is 2.60. The van der Waals surface area contributed by atoms with Gasteiger partial charge in [-0.15, -0.1) is 0 Å². The Morgan fingerprint density at radius 2 is 1.80 bits per heavy atom. The number of hydrogen-bond acceptors (Lipinski definition) is 1. The molecule has 3 heteroatoms. The van der Waals surface area contributed by atoms with Crippen molar-refractivity contribution in [1.82, 2.24) is 0 Å². The number of carbonyl (C=O) groups excluding carboxylic acids is 1. The molecule has 0 fully saturated rings. The molecular weight excluding hydrogens is 134 g/mol. The summed E-state index contributed by atoms with van der Waals surface area (Å²) >= 11 is 4.64. The molecule has 0 aromatic rings. The molecule has 0 spiro atoms. The van der Waals surface area contributed by atoms with Crippen LogP contribution in [0.4, 0.5) is 0 Å². The molecule has 0 aliphatic rings. The van der Waals surface area contributed by atoms with Gasteiger partial charge >= 0.3 is 0 Å². The quantitative estimate of drug-likeness (QED) is 0.356. The Kier molecular flexibility index (Phi) is 8.08. The molecular formula is C2H3ClNiO. The van der Waals surface area contributed by atoms with Gasteiger partial charge in [-0.05, 0) is 11.6 Å². The predicted octanol–water partition coefficient (Wildman–Crippen LogP) is 0.769. The topological polar surface area (TPSA) is 17.1 Å². The van der Waals surface area contributed by atoms with Crippen LogP contribution in [0.1, 0.15) is 6.92 Å². The van der Waals surface area contributed by atoms with E-state index in [0.29, 0.717) is 0 Å². The third-order valence-electron chi connectivity index (χ3n) is 0. The van der Waals surface area contributed by atoms with E-state index in [1.807, 2.05) is 0 Å². The minimum atomic E-state index is -0.361. The molecule has 1 nitrogen and oxygen atoms in total. The Labute approximate surface area is 45.6 Å². The Hall–Kier alpha value is 0.454. The summed E-state index contributed by atoms with van der Waals surface area (Å²) in [4.78, 5) is 9.21. The van der Waals surface area contributed by atoms with Gasteiger partial charge in [0.25, 0.3) is 0 Å². The van der Waals surface area contributed by atoms with Crippen LogP contribution >= 0.6 is 11.6 Å². The molecule has 0 heterocycles. The number of rotatable bonds is 0. The third-order valence-corrected chi connectivity index (χ3v) is 0. The Morgan fingerprint density at radius 3 is 1.80 bits per heavy atom. The molecule has 0 aromatic heterocycles. The normalized spacial score (nSPS) is 5.20. The first-order valence-corrected chi connectivity index (χ1v) is 1.27. The maximum atomic E-state index is 9.21. The van der Waals surface area contributed by atoms with Crippen molar-refractivity contribution in [3.8, 4) is 0 Å². The minimum Gasteiger partial charge on any atom is -0.282 e. The Bertz CT molecular complexity index is 32.6. The molecule has 0 aromatic carbocycles. The van der Waals surface area contributed by atoms with Crippen molar-refractivity contribution < 1.29 is 21.3 Å². The van der Waals surface area contributed by atoms with Gasteiger partial charge in [-0.1, -0.05) is 0 Å². The summed E-state index contributed by atoms with van der Waals surface area (Å²) in [7, 11) is 0. The third kappa shape index (κ3) is 130. The van der Waals surface area contributed by atoms with Gasteiger partial charge in [-0.2, -0.15) is 0 Å². The van der Waals surface area contributed by atoms with E-state index < -0.39 is 0 Å². The maximum Gasteiger partial charge on any atom is 0.218 e. The van der Waals surface area contributed by atoms with Crippen LogP contribution in [0, 0.1) is 0 Å². The van der Waals surface area contributed by atoms with Gasteiger partial charge in [0.1, 0.15) is 0 Å². The van der Waals surface area contributed by atoms with Crippen LogP contribution in [-0.4, -0.2) is 5.24 Å². The molecule has 0 aliphatic carbocycles. The van der Waals surface area contributed by atoms with E-state index in [4.69, 9.17) is 0 Å². The summed E-state index contributed by atoms with van der Waals surface area (Å²) in [5, 5.41) is -0.361. The van der Waals surface area contributed by atoms with Crippen molar-refractivity contribution in [3.05, 3.63) is 0 Å². The molecule has 0 saturated heterocycles. The van der Waals surface area contributed by atoms with E-state index in [2.05, 4.69) is 11.6 Å². The molecule has 0 unspecified atom stereocenters. The second-order valence-corrected chi connectivity index (χ2v) is 1.00. The van der Waals surface area contributed by atoms with Gasteiger partial charge < -0.3 is 0 Å². The van der Waals surface area contributed by atoms with E-state index in [0.717, 1.165) is 0 Å². The summed E-state index contributed by atoms with van der Waals surface area (Å²) in [6, 6.07) is 0. The first-order chi connectivity index (χ1) is 1.73. The van der Waals surface area contributed by atoms with Crippen molar-refractivity contribution in [2.45, 2.75) is 6.92 Å². The smallest absolute Gasteiger partial charge is 0.218 e. The van der Waals surface area contributed by atoms with E-state index in [1.165, 1.54) is 6.92 Å². The zero-order valence-corrected chi connectivity index (χ0v) is 4.35. The second kappa shape index (κ2) is 4.45. The number of carbonyl (C=O) groups is 1. The van der Waals surface area contributed by atoms with Crippen LogP contribution in [0.2, 0.25) is 0 Å². The molecule has 0 radical (unpaired) electrons. The molecule has 0 bridgehead atoms. The van der Waals surface area contributed by atoms with E-state index in [-0.39, 0.29) is 21.7 Å². The first-order valence-electron chi connectivity index (χ1n) is 0.893. The Morgan fingerprint density at radius 1 is 1.80 bits per heavy atom. The summed E-state index contributed by atoms with van der Waals surface area (Å²) in [5.74, 6) is 0. The molecule has 0 N–H and O–H groups in total. The van der Waals surface area contributed by atoms with Crippen LogP contribution in [-0.2, 0) is 21.3 Å². The molecule has 0 saturated carbocycles. The van der Waals surface area contributed by atoms with Crippen LogP contribution in [0.15, 0.2) is 0 Å². The standard InChI is InChI=1S/C2H3ClO.Ni/c1-2(3)4;/h1H3;. The van der Waals surface area contributed by atoms with Crippen LogP contribution in [0.5, 0.6) is 0 Å². The van der Waals surface area contributed by atoms with Crippen LogP contribution in [0.25, 0.3) is 0 Å². The van der Waals surface area contributed by atoms with Crippen molar-refractivity contribution >= 4 is 16.8 Å². The molecule has 0 aliphatic heterocycles. The van der Waals surface area contributed by atoms with Crippen molar-refractivity contribution in [3.63, 3.8) is 0 Å². The van der Waals surface area contributed by atoms with Crippen molar-refractivity contribution in [1.29, 1.82) is 0 Å². The molecule has 0 rings (SSSR count). The van der Waals surface area contributed by atoms with Gasteiger partial charge in [0.05, 0.1) is 0 Å². The number of hydrogen-bond donors (Lipinski definition) is 0. The van der Waals surface area contributed by atoms with Crippen LogP contribution < -0.4 is 0 Å². The summed E-state index contributed by atoms with van der Waals surface area (Å²) in [5.41, 5.74) is 0. The maximum absolute atomic E-state index is 9.21. The summed E-state index contributed by atoms with van der Waals surface area (Å²) in [6.07, 6.45) is 0. The van der Waals surface area contributed by atoms with E-state index in [1.54, 1.807) is 0 Å².